The van der Waals surface area contributed by atoms with Crippen LogP contribution < -0.4 is 20.6 Å². The van der Waals surface area contributed by atoms with Crippen LogP contribution >= 0.6 is 11.6 Å². The van der Waals surface area contributed by atoms with Gasteiger partial charge in [-0.3, -0.25) is 19.8 Å². The number of halogens is 4. The Morgan fingerprint density at radius 2 is 1.80 bits per heavy atom. The lowest BCUT2D eigenvalue weighted by Gasteiger charge is -2.41. The van der Waals surface area contributed by atoms with E-state index in [1.165, 1.54) is 45.0 Å². The SMILES string of the molecule is CC(C)(C)[N+]1(C(=O)[O-])CC(C(=O)N(c2cccc(F)c2)C(C(=O)NC2CC(F)(F)C2)c2ccccc2Cl)NC1=O. The maximum absolute atomic E-state index is 14.4. The minimum absolute atomic E-state index is 0.0563. The monoisotopic (exact) mass is 580 g/mol. The maximum Gasteiger partial charge on any atom is 0.424 e. The Morgan fingerprint density at radius 3 is 2.33 bits per heavy atom. The van der Waals surface area contributed by atoms with E-state index in [1.54, 1.807) is 12.1 Å². The molecule has 9 nitrogen and oxygen atoms in total. The van der Waals surface area contributed by atoms with Crippen molar-refractivity contribution in [2.75, 3.05) is 11.4 Å². The van der Waals surface area contributed by atoms with Crippen molar-refractivity contribution in [1.82, 2.24) is 10.6 Å². The summed E-state index contributed by atoms with van der Waals surface area (Å²) in [5, 5.41) is 17.2. The molecule has 2 aromatic rings. The van der Waals surface area contributed by atoms with E-state index in [-0.39, 0.29) is 16.3 Å². The van der Waals surface area contributed by atoms with Crippen LogP contribution in [0.3, 0.4) is 0 Å². The number of nitrogens with zero attached hydrogens (tertiary/aromatic N) is 2. The van der Waals surface area contributed by atoms with Crippen molar-refractivity contribution in [3.05, 3.63) is 64.9 Å². The number of benzene rings is 2. The molecule has 4 rings (SSSR count). The third kappa shape index (κ3) is 5.25. The molecule has 214 valence electrons. The van der Waals surface area contributed by atoms with Crippen molar-refractivity contribution in [3.63, 3.8) is 0 Å². The molecule has 13 heteroatoms. The topological polar surface area (TPSA) is 119 Å². The van der Waals surface area contributed by atoms with Gasteiger partial charge in [0.25, 0.3) is 17.9 Å². The first kappa shape index (κ1) is 29.3. The van der Waals surface area contributed by atoms with E-state index in [4.69, 9.17) is 11.6 Å². The summed E-state index contributed by atoms with van der Waals surface area (Å²) < 4.78 is 40.2. The number of carbonyl (C=O) groups excluding carboxylic acids is 4. The number of quaternary nitrogens is 1. The number of carbonyl (C=O) groups is 4. The average Bonchev–Trinajstić information content (AvgIpc) is 3.20. The van der Waals surface area contributed by atoms with E-state index >= 15 is 0 Å². The zero-order valence-corrected chi connectivity index (χ0v) is 22.7. The Hall–Kier alpha value is -3.64. The molecule has 1 aliphatic heterocycles. The van der Waals surface area contributed by atoms with Crippen LogP contribution in [0.15, 0.2) is 48.5 Å². The quantitative estimate of drug-likeness (QED) is 0.507. The number of urea groups is 1. The van der Waals surface area contributed by atoms with Gasteiger partial charge in [0.2, 0.25) is 5.91 Å². The van der Waals surface area contributed by atoms with E-state index in [9.17, 15) is 37.5 Å². The zero-order valence-electron chi connectivity index (χ0n) is 21.9. The molecule has 2 aliphatic rings. The summed E-state index contributed by atoms with van der Waals surface area (Å²) >= 11 is 6.42. The number of anilines is 1. The highest BCUT2D eigenvalue weighted by Gasteiger charge is 2.59. The number of nitrogens with one attached hydrogen (secondary N) is 2. The van der Waals surface area contributed by atoms with Crippen molar-refractivity contribution in [1.29, 1.82) is 0 Å². The van der Waals surface area contributed by atoms with Crippen molar-refractivity contribution in [2.24, 2.45) is 0 Å². The van der Waals surface area contributed by atoms with Crippen LogP contribution in [0.25, 0.3) is 0 Å². The predicted octanol–water partition coefficient (Wildman–Crippen LogP) is 3.52. The first-order valence-electron chi connectivity index (χ1n) is 12.5. The lowest BCUT2D eigenvalue weighted by atomic mass is 9.87. The third-order valence-electron chi connectivity index (χ3n) is 7.32. The minimum Gasteiger partial charge on any atom is -0.498 e. The number of hydrogen-bond acceptors (Lipinski definition) is 5. The fourth-order valence-corrected chi connectivity index (χ4v) is 5.39. The number of hydrogen-bond donors (Lipinski definition) is 2. The Labute approximate surface area is 233 Å². The van der Waals surface area contributed by atoms with Crippen molar-refractivity contribution < 1.29 is 41.9 Å². The van der Waals surface area contributed by atoms with Gasteiger partial charge in [0.1, 0.15) is 23.9 Å². The van der Waals surface area contributed by atoms with Gasteiger partial charge in [0.15, 0.2) is 6.04 Å². The van der Waals surface area contributed by atoms with Gasteiger partial charge in [-0.1, -0.05) is 35.9 Å². The summed E-state index contributed by atoms with van der Waals surface area (Å²) in [5.74, 6) is -5.50. The second kappa shape index (κ2) is 10.4. The van der Waals surface area contributed by atoms with Crippen LogP contribution in [0, 0.1) is 5.82 Å². The standard InChI is InChI=1S/C27H28ClF3N4O5/c1-26(2,3)35(25(39)40)14-20(33-24(35)38)23(37)34(17-8-6-7-15(29)11-17)21(18-9-4-5-10-19(18)28)22(36)32-16-12-27(30,31)13-16/h4-11,16,20-21H,12-14H2,1-3H3,(H2-,32,33,36,38,39,40). The normalized spacial score (nSPS) is 23.1. The average molecular weight is 581 g/mol. The smallest absolute Gasteiger partial charge is 0.424 e. The molecular weight excluding hydrogens is 553 g/mol. The molecule has 2 fully saturated rings. The van der Waals surface area contributed by atoms with Gasteiger partial charge in [-0.2, -0.15) is 4.48 Å². The van der Waals surface area contributed by atoms with Crippen molar-refractivity contribution >= 4 is 41.2 Å². The van der Waals surface area contributed by atoms with Crippen LogP contribution in [0.2, 0.25) is 5.02 Å². The summed E-state index contributed by atoms with van der Waals surface area (Å²) in [5.41, 5.74) is -1.23. The van der Waals surface area contributed by atoms with Gasteiger partial charge >= 0.3 is 6.03 Å². The first-order chi connectivity index (χ1) is 18.6. The zero-order chi connectivity index (χ0) is 29.6. The summed E-state index contributed by atoms with van der Waals surface area (Å²) in [6.07, 6.45) is -2.93. The van der Waals surface area contributed by atoms with Crippen LogP contribution in [0.5, 0.6) is 0 Å². The highest BCUT2D eigenvalue weighted by Crippen LogP contribution is 2.39. The molecule has 0 radical (unpaired) electrons. The fourth-order valence-electron chi connectivity index (χ4n) is 5.15. The Morgan fingerprint density at radius 1 is 1.15 bits per heavy atom. The van der Waals surface area contributed by atoms with E-state index in [2.05, 4.69) is 10.6 Å². The molecule has 3 unspecified atom stereocenters. The number of carboxylic acid groups (broad SMARTS) is 1. The molecule has 1 heterocycles. The molecule has 0 spiro atoms. The lowest BCUT2D eigenvalue weighted by Crippen LogP contribution is -2.69. The van der Waals surface area contributed by atoms with Crippen LogP contribution in [0.1, 0.15) is 45.2 Å². The van der Waals surface area contributed by atoms with Gasteiger partial charge in [-0.25, -0.2) is 18.0 Å². The highest BCUT2D eigenvalue weighted by molar-refractivity contribution is 6.31. The van der Waals surface area contributed by atoms with Gasteiger partial charge in [-0.15, -0.1) is 0 Å². The van der Waals surface area contributed by atoms with Crippen molar-refractivity contribution in [3.8, 4) is 0 Å². The second-order valence-corrected chi connectivity index (χ2v) is 11.4. The maximum atomic E-state index is 14.4. The van der Waals surface area contributed by atoms with Crippen LogP contribution in [-0.4, -0.2) is 58.5 Å². The van der Waals surface area contributed by atoms with Crippen LogP contribution in [0.4, 0.5) is 28.4 Å². The molecule has 0 bridgehead atoms. The largest absolute Gasteiger partial charge is 0.498 e. The molecule has 0 aromatic heterocycles. The van der Waals surface area contributed by atoms with Gasteiger partial charge < -0.3 is 15.2 Å². The predicted molar refractivity (Wildman–Crippen MR) is 137 cm³/mol. The molecule has 1 saturated carbocycles. The van der Waals surface area contributed by atoms with E-state index < -0.39 is 83.2 Å². The van der Waals surface area contributed by atoms with E-state index in [0.29, 0.717) is 0 Å². The fraction of sp³-hybridized carbons (Fsp3) is 0.407. The van der Waals surface area contributed by atoms with Gasteiger partial charge in [0.05, 0.1) is 0 Å². The number of imide groups is 1. The number of alkyl halides is 2. The minimum atomic E-state index is -2.94. The van der Waals surface area contributed by atoms with E-state index in [0.717, 1.165) is 17.0 Å². The highest BCUT2D eigenvalue weighted by atomic mass is 35.5. The Bertz CT molecular complexity index is 1360. The van der Waals surface area contributed by atoms with Crippen molar-refractivity contribution in [2.45, 2.75) is 63.2 Å². The molecule has 1 aliphatic carbocycles. The Kier molecular flexibility index (Phi) is 7.63. The lowest BCUT2D eigenvalue weighted by molar-refractivity contribution is -0.838. The molecule has 40 heavy (non-hydrogen) atoms. The van der Waals surface area contributed by atoms with Gasteiger partial charge in [0, 0.05) is 35.2 Å². The number of rotatable bonds is 6. The molecule has 5 amide bonds. The van der Waals surface area contributed by atoms with E-state index in [1.807, 2.05) is 0 Å². The summed E-state index contributed by atoms with van der Waals surface area (Å²) in [6.45, 7) is 3.91. The summed E-state index contributed by atoms with van der Waals surface area (Å²) in [6, 6.07) is 5.81. The Balaban J connectivity index is 1.82. The summed E-state index contributed by atoms with van der Waals surface area (Å²) in [7, 11) is 0. The summed E-state index contributed by atoms with van der Waals surface area (Å²) in [4.78, 5) is 54.0. The molecule has 2 aromatic carbocycles. The molecule has 2 N–H and O–H groups in total. The van der Waals surface area contributed by atoms with Gasteiger partial charge in [-0.05, 0) is 45.0 Å². The second-order valence-electron chi connectivity index (χ2n) is 11.0. The first-order valence-corrected chi connectivity index (χ1v) is 12.9. The molecular formula is C27H28ClF3N4O5. The number of amides is 5. The third-order valence-corrected chi connectivity index (χ3v) is 7.67. The molecule has 3 atom stereocenters. The molecule has 1 saturated heterocycles. The van der Waals surface area contributed by atoms with Crippen LogP contribution in [-0.2, 0) is 9.59 Å².